The highest BCUT2D eigenvalue weighted by atomic mass is 32.2. The zero-order chi connectivity index (χ0) is 14.9. The van der Waals surface area contributed by atoms with Crippen LogP contribution in [0.25, 0.3) is 0 Å². The van der Waals surface area contributed by atoms with E-state index in [1.54, 1.807) is 22.6 Å². The number of benzene rings is 1. The first-order valence-electron chi connectivity index (χ1n) is 7.06. The molecule has 0 unspecified atom stereocenters. The number of sulfonamides is 1. The summed E-state index contributed by atoms with van der Waals surface area (Å²) in [6.07, 6.45) is 5.07. The molecular formula is C16H18N2O2S. The summed E-state index contributed by atoms with van der Waals surface area (Å²) < 4.78 is 27.0. The number of nitrogens with zero attached hydrogens (tertiary/aromatic N) is 2. The lowest BCUT2D eigenvalue weighted by molar-refractivity contribution is 0.426. The molecule has 1 aromatic carbocycles. The third kappa shape index (κ3) is 2.84. The zero-order valence-corrected chi connectivity index (χ0v) is 12.8. The lowest BCUT2D eigenvalue weighted by Crippen LogP contribution is -2.33. The summed E-state index contributed by atoms with van der Waals surface area (Å²) in [5, 5.41) is 0. The van der Waals surface area contributed by atoms with Crippen molar-refractivity contribution < 1.29 is 8.42 Å². The molecular weight excluding hydrogens is 284 g/mol. The van der Waals surface area contributed by atoms with Crippen molar-refractivity contribution in [1.29, 1.82) is 0 Å². The lowest BCUT2D eigenvalue weighted by atomic mass is 10.1. The Morgan fingerprint density at radius 2 is 1.67 bits per heavy atom. The average Bonchev–Trinajstić information content (AvgIpc) is 2.70. The third-order valence-electron chi connectivity index (χ3n) is 3.92. The van der Waals surface area contributed by atoms with E-state index in [2.05, 4.69) is 4.98 Å². The summed E-state index contributed by atoms with van der Waals surface area (Å²) in [6, 6.07) is 9.03. The molecule has 0 atom stereocenters. The summed E-state index contributed by atoms with van der Waals surface area (Å²) in [4.78, 5) is 4.50. The van der Waals surface area contributed by atoms with E-state index in [9.17, 15) is 8.42 Å². The SMILES string of the molecule is Cc1ccc(S(=O)(=O)N2CCc3ccncc3CC2)cc1. The third-order valence-corrected chi connectivity index (χ3v) is 5.84. The molecule has 2 aromatic rings. The van der Waals surface area contributed by atoms with Gasteiger partial charge in [0.25, 0.3) is 0 Å². The Balaban J connectivity index is 1.86. The van der Waals surface area contributed by atoms with Gasteiger partial charge in [-0.15, -0.1) is 0 Å². The van der Waals surface area contributed by atoms with Crippen LogP contribution in [-0.2, 0) is 22.9 Å². The van der Waals surface area contributed by atoms with Gasteiger partial charge in [-0.25, -0.2) is 8.42 Å². The molecule has 3 rings (SSSR count). The second-order valence-electron chi connectivity index (χ2n) is 5.36. The Hall–Kier alpha value is -1.72. The van der Waals surface area contributed by atoms with Crippen LogP contribution in [0, 0.1) is 6.92 Å². The number of aromatic nitrogens is 1. The van der Waals surface area contributed by atoms with Crippen molar-refractivity contribution >= 4 is 10.0 Å². The molecule has 21 heavy (non-hydrogen) atoms. The van der Waals surface area contributed by atoms with Gasteiger partial charge in [-0.2, -0.15) is 4.31 Å². The highest BCUT2D eigenvalue weighted by Gasteiger charge is 2.26. The van der Waals surface area contributed by atoms with Gasteiger partial charge >= 0.3 is 0 Å². The highest BCUT2D eigenvalue weighted by Crippen LogP contribution is 2.21. The lowest BCUT2D eigenvalue weighted by Gasteiger charge is -2.20. The molecule has 0 spiro atoms. The number of fused-ring (bicyclic) bond motifs is 1. The monoisotopic (exact) mass is 302 g/mol. The quantitative estimate of drug-likeness (QED) is 0.854. The molecule has 1 aliphatic rings. The normalized spacial score (nSPS) is 16.2. The molecule has 0 saturated heterocycles. The smallest absolute Gasteiger partial charge is 0.243 e. The largest absolute Gasteiger partial charge is 0.264 e. The molecule has 0 fully saturated rings. The van der Waals surface area contributed by atoms with E-state index in [1.165, 1.54) is 5.56 Å². The van der Waals surface area contributed by atoms with Crippen LogP contribution in [0.15, 0.2) is 47.6 Å². The van der Waals surface area contributed by atoms with Crippen molar-refractivity contribution in [2.45, 2.75) is 24.7 Å². The molecule has 2 heterocycles. The van der Waals surface area contributed by atoms with Crippen LogP contribution < -0.4 is 0 Å². The number of hydrogen-bond donors (Lipinski definition) is 0. The van der Waals surface area contributed by atoms with Crippen LogP contribution in [0.1, 0.15) is 16.7 Å². The zero-order valence-electron chi connectivity index (χ0n) is 12.0. The molecule has 1 aromatic heterocycles. The summed E-state index contributed by atoms with van der Waals surface area (Å²) in [5.41, 5.74) is 3.41. The average molecular weight is 302 g/mol. The van der Waals surface area contributed by atoms with Crippen molar-refractivity contribution in [2.24, 2.45) is 0 Å². The minimum absolute atomic E-state index is 0.372. The summed E-state index contributed by atoms with van der Waals surface area (Å²) in [7, 11) is -3.41. The van der Waals surface area contributed by atoms with E-state index < -0.39 is 10.0 Å². The maximum atomic E-state index is 12.7. The van der Waals surface area contributed by atoms with Crippen molar-refractivity contribution in [2.75, 3.05) is 13.1 Å². The van der Waals surface area contributed by atoms with Crippen LogP contribution in [0.5, 0.6) is 0 Å². The molecule has 0 saturated carbocycles. The fraction of sp³-hybridized carbons (Fsp3) is 0.312. The number of rotatable bonds is 2. The van der Waals surface area contributed by atoms with Crippen LogP contribution in [-0.4, -0.2) is 30.8 Å². The number of pyridine rings is 1. The second kappa shape index (κ2) is 5.58. The van der Waals surface area contributed by atoms with Gasteiger partial charge in [-0.05, 0) is 49.1 Å². The predicted molar refractivity (Wildman–Crippen MR) is 81.6 cm³/mol. The molecule has 0 radical (unpaired) electrons. The van der Waals surface area contributed by atoms with E-state index in [0.29, 0.717) is 24.4 Å². The first kappa shape index (κ1) is 14.2. The van der Waals surface area contributed by atoms with Crippen LogP contribution in [0.2, 0.25) is 0 Å². The number of aryl methyl sites for hydroxylation is 1. The molecule has 0 N–H and O–H groups in total. The maximum absolute atomic E-state index is 12.7. The minimum atomic E-state index is -3.41. The topological polar surface area (TPSA) is 50.3 Å². The van der Waals surface area contributed by atoms with E-state index in [1.807, 2.05) is 31.3 Å². The van der Waals surface area contributed by atoms with Crippen molar-refractivity contribution in [3.63, 3.8) is 0 Å². The molecule has 110 valence electrons. The van der Waals surface area contributed by atoms with Gasteiger partial charge in [0.1, 0.15) is 0 Å². The van der Waals surface area contributed by atoms with E-state index in [4.69, 9.17) is 0 Å². The fourth-order valence-corrected chi connectivity index (χ4v) is 4.07. The van der Waals surface area contributed by atoms with Crippen molar-refractivity contribution in [3.05, 3.63) is 59.4 Å². The molecule has 4 nitrogen and oxygen atoms in total. The van der Waals surface area contributed by atoms with E-state index in [-0.39, 0.29) is 0 Å². The van der Waals surface area contributed by atoms with Gasteiger partial charge in [0, 0.05) is 25.5 Å². The van der Waals surface area contributed by atoms with Gasteiger partial charge < -0.3 is 0 Å². The van der Waals surface area contributed by atoms with Crippen molar-refractivity contribution in [1.82, 2.24) is 9.29 Å². The standard InChI is InChI=1S/C16H18N2O2S/c1-13-2-4-16(5-3-13)21(19,20)18-10-7-14-6-9-17-12-15(14)8-11-18/h2-6,9,12H,7-8,10-11H2,1H3. The Morgan fingerprint density at radius 3 is 2.38 bits per heavy atom. The van der Waals surface area contributed by atoms with Crippen LogP contribution in [0.4, 0.5) is 0 Å². The molecule has 0 bridgehead atoms. The second-order valence-corrected chi connectivity index (χ2v) is 7.30. The van der Waals surface area contributed by atoms with E-state index >= 15 is 0 Å². The van der Waals surface area contributed by atoms with Crippen LogP contribution >= 0.6 is 0 Å². The Labute approximate surface area is 125 Å². The first-order valence-corrected chi connectivity index (χ1v) is 8.50. The summed E-state index contributed by atoms with van der Waals surface area (Å²) in [5.74, 6) is 0. The molecule has 0 aliphatic carbocycles. The molecule has 0 amide bonds. The Bertz CT molecular complexity index is 712. The van der Waals surface area contributed by atoms with Gasteiger partial charge in [-0.1, -0.05) is 17.7 Å². The summed E-state index contributed by atoms with van der Waals surface area (Å²) >= 11 is 0. The predicted octanol–water partition coefficient (Wildman–Crippen LogP) is 2.18. The minimum Gasteiger partial charge on any atom is -0.264 e. The number of hydrogen-bond acceptors (Lipinski definition) is 3. The summed E-state index contributed by atoms with van der Waals surface area (Å²) in [6.45, 7) is 2.98. The van der Waals surface area contributed by atoms with Gasteiger partial charge in [0.05, 0.1) is 4.90 Å². The Kier molecular flexibility index (Phi) is 3.78. The van der Waals surface area contributed by atoms with E-state index in [0.717, 1.165) is 17.5 Å². The highest BCUT2D eigenvalue weighted by molar-refractivity contribution is 7.89. The molecule has 5 heteroatoms. The fourth-order valence-electron chi connectivity index (χ4n) is 2.63. The van der Waals surface area contributed by atoms with Gasteiger partial charge in [-0.3, -0.25) is 4.98 Å². The maximum Gasteiger partial charge on any atom is 0.243 e. The molecule has 1 aliphatic heterocycles. The van der Waals surface area contributed by atoms with Crippen molar-refractivity contribution in [3.8, 4) is 0 Å². The van der Waals surface area contributed by atoms with Gasteiger partial charge in [0.15, 0.2) is 0 Å². The first-order chi connectivity index (χ1) is 10.1. The van der Waals surface area contributed by atoms with Crippen LogP contribution in [0.3, 0.4) is 0 Å². The Morgan fingerprint density at radius 1 is 1.00 bits per heavy atom. The van der Waals surface area contributed by atoms with Gasteiger partial charge in [0.2, 0.25) is 10.0 Å².